The minimum atomic E-state index is -1.95. The summed E-state index contributed by atoms with van der Waals surface area (Å²) < 4.78 is 54.0. The largest absolute Gasteiger partial charge is 0.481 e. The standard InChI is InChI=1S/C56H92O25/c1-24(2)10-9-14-56(8,81-50-46(72)42(68)40(66)30(78-50)23-74-48-44(70)38(64)28(21-58)75-48)25-11-16-55(7)36(25)26(59)18-32-53(5)15-13-33(52(3,4)31(53)12-17-54(32,55)6)79-51-47(43(69)37(63)27(20-57)76-51)80-49-45(71)41(67)39(65)29(77-49)22-73-35(62)19-34(60)61/h10,25-33,36-51,57-59,63-72H,9,11-23H2,1-8H3,(H,60,61)/t25-,26+,27+,28+,29+,30+,31+,32+,33+,36-,37+,38+,39+,40+,41-,42-,43-,44-,45+,46+,47+,48-,49-,50-,51-,53-,54+,55+,56-/m0/s1. The minimum absolute atomic E-state index is 0.00537. The van der Waals surface area contributed by atoms with Crippen molar-refractivity contribution in [3.63, 3.8) is 0 Å². The molecular weight excluding hydrogens is 1070 g/mol. The number of aliphatic hydroxyl groups is 13. The van der Waals surface area contributed by atoms with Crippen LogP contribution in [0.3, 0.4) is 0 Å². The highest BCUT2D eigenvalue weighted by Gasteiger charge is 2.72. The van der Waals surface area contributed by atoms with E-state index in [0.717, 1.165) is 24.8 Å². The molecule has 25 heteroatoms. The number of fused-ring (bicyclic) bond motifs is 5. The Morgan fingerprint density at radius 1 is 0.605 bits per heavy atom. The fourth-order valence-electron chi connectivity index (χ4n) is 16.4. The van der Waals surface area contributed by atoms with E-state index in [0.29, 0.717) is 38.5 Å². The highest BCUT2D eigenvalue weighted by atomic mass is 16.8. The number of carboxylic acids is 1. The van der Waals surface area contributed by atoms with E-state index in [1.165, 1.54) is 0 Å². The summed E-state index contributed by atoms with van der Waals surface area (Å²) in [5, 5.41) is 151. The first-order chi connectivity index (χ1) is 37.9. The fraction of sp³-hybridized carbons (Fsp3) is 0.929. The van der Waals surface area contributed by atoms with E-state index < -0.39 is 190 Å². The Hall–Kier alpha value is -2.16. The molecule has 29 atom stereocenters. The van der Waals surface area contributed by atoms with Gasteiger partial charge in [0, 0.05) is 0 Å². The average molecular weight is 1170 g/mol. The van der Waals surface area contributed by atoms with Crippen molar-refractivity contribution in [3.05, 3.63) is 11.6 Å². The van der Waals surface area contributed by atoms with Crippen molar-refractivity contribution < 1.29 is 124 Å². The lowest BCUT2D eigenvalue weighted by atomic mass is 9.35. The van der Waals surface area contributed by atoms with E-state index in [9.17, 15) is 76.0 Å². The minimum Gasteiger partial charge on any atom is -0.481 e. The molecule has 4 saturated heterocycles. The quantitative estimate of drug-likeness (QED) is 0.0302. The number of carboxylic acid groups (broad SMARTS) is 1. The number of rotatable bonds is 19. The Morgan fingerprint density at radius 3 is 1.77 bits per heavy atom. The lowest BCUT2D eigenvalue weighted by molar-refractivity contribution is -0.378. The molecule has 14 N–H and O–H groups in total. The summed E-state index contributed by atoms with van der Waals surface area (Å²) in [6, 6.07) is 0. The lowest BCUT2D eigenvalue weighted by Gasteiger charge is -2.71. The molecule has 0 amide bonds. The summed E-state index contributed by atoms with van der Waals surface area (Å²) in [6.07, 6.45) is -25.1. The van der Waals surface area contributed by atoms with Crippen LogP contribution in [0.15, 0.2) is 11.6 Å². The summed E-state index contributed by atoms with van der Waals surface area (Å²) in [6.45, 7) is 14.6. The maximum absolute atomic E-state index is 12.9. The SMILES string of the molecule is CC(C)=CCC[C@](C)(O[C@@H]1O[C@H](CO[C@H]2O[C@H](CO)[C@@H](O)[C@@H]2O)[C@@H](O)[C@H](O)[C@H]1O)[C@H]1CC[C@]2(C)[C@@H]1[C@H](O)C[C@@H]1[C@@]3(C)CC[C@@H](O[C@@H]4O[C@H](CO)[C@@H](O)[C@H](O)[C@H]4O[C@@H]4O[C@H](COC(=O)CC(=O)O)[C@@H](O)[C@H](O)[C@H]4O)C(C)(C)[C@H]3CC[C@]12C. The maximum atomic E-state index is 12.9. The zero-order chi connectivity index (χ0) is 59.6. The predicted octanol–water partition coefficient (Wildman–Crippen LogP) is -1.54. The van der Waals surface area contributed by atoms with Crippen LogP contribution in [0.1, 0.15) is 120 Å². The van der Waals surface area contributed by atoms with Gasteiger partial charge in [0.1, 0.15) is 105 Å². The monoisotopic (exact) mass is 1160 g/mol. The molecule has 8 fully saturated rings. The molecule has 0 aromatic heterocycles. The van der Waals surface area contributed by atoms with Gasteiger partial charge < -0.3 is 114 Å². The number of esters is 1. The molecule has 81 heavy (non-hydrogen) atoms. The van der Waals surface area contributed by atoms with E-state index >= 15 is 0 Å². The average Bonchev–Trinajstić information content (AvgIpc) is 2.15. The van der Waals surface area contributed by atoms with Crippen molar-refractivity contribution in [1.82, 2.24) is 0 Å². The number of aliphatic carboxylic acids is 1. The molecule has 466 valence electrons. The topological polar surface area (TPSA) is 400 Å². The van der Waals surface area contributed by atoms with Gasteiger partial charge in [0.15, 0.2) is 25.2 Å². The van der Waals surface area contributed by atoms with Crippen molar-refractivity contribution in [2.75, 3.05) is 26.4 Å². The Bertz CT molecular complexity index is 2180. The molecule has 0 radical (unpaired) electrons. The van der Waals surface area contributed by atoms with Crippen LogP contribution in [0.5, 0.6) is 0 Å². The highest BCUT2D eigenvalue weighted by molar-refractivity contribution is 5.90. The normalized spacial score (nSPS) is 49.4. The molecule has 8 aliphatic rings. The maximum Gasteiger partial charge on any atom is 0.317 e. The zero-order valence-corrected chi connectivity index (χ0v) is 47.7. The third-order valence-corrected chi connectivity index (χ3v) is 21.1. The zero-order valence-electron chi connectivity index (χ0n) is 47.7. The van der Waals surface area contributed by atoms with Gasteiger partial charge in [0.05, 0.1) is 37.6 Å². The van der Waals surface area contributed by atoms with Gasteiger partial charge in [-0.05, 0) is 124 Å². The van der Waals surface area contributed by atoms with Gasteiger partial charge in [-0.1, -0.05) is 46.3 Å². The van der Waals surface area contributed by atoms with Gasteiger partial charge >= 0.3 is 11.9 Å². The summed E-state index contributed by atoms with van der Waals surface area (Å²) >= 11 is 0. The number of carbonyl (C=O) groups is 2. The Labute approximate surface area is 472 Å². The predicted molar refractivity (Wildman–Crippen MR) is 276 cm³/mol. The number of hydrogen-bond donors (Lipinski definition) is 14. The molecule has 0 spiro atoms. The molecule has 0 aromatic carbocycles. The summed E-state index contributed by atoms with van der Waals surface area (Å²) in [4.78, 5) is 23.0. The van der Waals surface area contributed by atoms with Crippen LogP contribution < -0.4 is 0 Å². The Morgan fingerprint density at radius 2 is 1.15 bits per heavy atom. The van der Waals surface area contributed by atoms with Crippen molar-refractivity contribution in [2.24, 2.45) is 45.3 Å². The Kier molecular flexibility index (Phi) is 19.9. The first kappa shape index (κ1) is 64.8. The number of allylic oxidation sites excluding steroid dienone is 2. The van der Waals surface area contributed by atoms with Gasteiger partial charge in [0.2, 0.25) is 0 Å². The molecule has 4 heterocycles. The molecule has 4 aliphatic heterocycles. The second-order valence-electron chi connectivity index (χ2n) is 26.3. The van der Waals surface area contributed by atoms with Crippen LogP contribution in [-0.2, 0) is 52.2 Å². The molecule has 0 bridgehead atoms. The second-order valence-corrected chi connectivity index (χ2v) is 26.3. The van der Waals surface area contributed by atoms with Gasteiger partial charge in [0.25, 0.3) is 0 Å². The molecule has 0 unspecified atom stereocenters. The smallest absolute Gasteiger partial charge is 0.317 e. The van der Waals surface area contributed by atoms with Crippen LogP contribution >= 0.6 is 0 Å². The summed E-state index contributed by atoms with van der Waals surface area (Å²) in [5.74, 6) is -3.18. The van der Waals surface area contributed by atoms with Gasteiger partial charge in [-0.3, -0.25) is 9.59 Å². The number of ether oxygens (including phenoxy) is 9. The van der Waals surface area contributed by atoms with Crippen LogP contribution in [0, 0.1) is 45.3 Å². The van der Waals surface area contributed by atoms with Crippen LogP contribution in [0.2, 0.25) is 0 Å². The van der Waals surface area contributed by atoms with Crippen LogP contribution in [0.25, 0.3) is 0 Å². The van der Waals surface area contributed by atoms with E-state index in [2.05, 4.69) is 40.7 Å². The van der Waals surface area contributed by atoms with E-state index in [-0.39, 0.29) is 34.5 Å². The van der Waals surface area contributed by atoms with E-state index in [1.807, 2.05) is 20.8 Å². The molecular formula is C56H92O25. The van der Waals surface area contributed by atoms with E-state index in [1.54, 1.807) is 0 Å². The fourth-order valence-corrected chi connectivity index (χ4v) is 16.4. The number of hydrogen-bond acceptors (Lipinski definition) is 24. The van der Waals surface area contributed by atoms with Crippen molar-refractivity contribution in [1.29, 1.82) is 0 Å². The number of aliphatic hydroxyl groups excluding tert-OH is 13. The third-order valence-electron chi connectivity index (χ3n) is 21.1. The highest BCUT2D eigenvalue weighted by Crippen LogP contribution is 2.76. The molecule has 8 rings (SSSR count). The van der Waals surface area contributed by atoms with Crippen molar-refractivity contribution in [3.8, 4) is 0 Å². The first-order valence-electron chi connectivity index (χ1n) is 28.8. The Balaban J connectivity index is 0.998. The van der Waals surface area contributed by atoms with E-state index in [4.69, 9.17) is 47.7 Å². The molecule has 25 nitrogen and oxygen atoms in total. The molecule has 4 aliphatic carbocycles. The van der Waals surface area contributed by atoms with Gasteiger partial charge in [-0.15, -0.1) is 0 Å². The van der Waals surface area contributed by atoms with Crippen LogP contribution in [0.4, 0.5) is 0 Å². The molecule has 4 saturated carbocycles. The van der Waals surface area contributed by atoms with Gasteiger partial charge in [-0.25, -0.2) is 0 Å². The lowest BCUT2D eigenvalue weighted by Crippen LogP contribution is -2.68. The van der Waals surface area contributed by atoms with Crippen LogP contribution in [-0.4, -0.2) is 244 Å². The third kappa shape index (κ3) is 12.0. The first-order valence-corrected chi connectivity index (χ1v) is 28.8. The van der Waals surface area contributed by atoms with Gasteiger partial charge in [-0.2, -0.15) is 0 Å². The molecule has 0 aromatic rings. The van der Waals surface area contributed by atoms with Crippen molar-refractivity contribution >= 4 is 11.9 Å². The summed E-state index contributed by atoms with van der Waals surface area (Å²) in [5.41, 5.74) is -1.72. The number of carbonyl (C=O) groups excluding carboxylic acids is 1. The summed E-state index contributed by atoms with van der Waals surface area (Å²) in [7, 11) is 0. The second kappa shape index (κ2) is 24.9. The van der Waals surface area contributed by atoms with Crippen molar-refractivity contribution in [2.45, 2.75) is 254 Å².